The number of carbonyl (C=O) groups excluding carboxylic acids is 1. The van der Waals surface area contributed by atoms with E-state index in [2.05, 4.69) is 9.88 Å². The molecule has 23 heavy (non-hydrogen) atoms. The van der Waals surface area contributed by atoms with E-state index in [9.17, 15) is 4.79 Å². The molecule has 1 saturated heterocycles. The Morgan fingerprint density at radius 2 is 1.91 bits per heavy atom. The minimum absolute atomic E-state index is 0. The van der Waals surface area contributed by atoms with E-state index in [1.165, 1.54) is 0 Å². The Kier molecular flexibility index (Phi) is 7.12. The summed E-state index contributed by atoms with van der Waals surface area (Å²) in [4.78, 5) is 20.4. The van der Waals surface area contributed by atoms with E-state index in [-0.39, 0.29) is 36.8 Å². The van der Waals surface area contributed by atoms with Crippen LogP contribution in [0.4, 0.5) is 6.01 Å². The van der Waals surface area contributed by atoms with Crippen LogP contribution in [0.2, 0.25) is 0 Å². The van der Waals surface area contributed by atoms with Gasteiger partial charge in [-0.2, -0.15) is 4.98 Å². The number of oxazole rings is 1. The lowest BCUT2D eigenvalue weighted by Crippen LogP contribution is -2.49. The normalized spacial score (nSPS) is 15.7. The Labute approximate surface area is 147 Å². The van der Waals surface area contributed by atoms with Gasteiger partial charge in [0.1, 0.15) is 5.52 Å². The largest absolute Gasteiger partial charge is 0.423 e. The van der Waals surface area contributed by atoms with Gasteiger partial charge in [0.05, 0.1) is 0 Å². The van der Waals surface area contributed by atoms with Crippen LogP contribution in [-0.4, -0.2) is 48.0 Å². The SMILES string of the molecule is CC(N)CC(=O)N1CCN(c2nc3ccccc3o2)CC1.Cl.Cl. The first-order chi connectivity index (χ1) is 10.1. The number of carbonyl (C=O) groups is 1. The molecular weight excluding hydrogens is 339 g/mol. The van der Waals surface area contributed by atoms with E-state index in [0.717, 1.165) is 24.2 Å². The van der Waals surface area contributed by atoms with Crippen LogP contribution in [0.15, 0.2) is 28.7 Å². The number of para-hydroxylation sites is 2. The maximum absolute atomic E-state index is 12.0. The lowest BCUT2D eigenvalue weighted by Gasteiger charge is -2.34. The molecular formula is C15H22Cl2N4O2. The zero-order valence-corrected chi connectivity index (χ0v) is 14.6. The fraction of sp³-hybridized carbons (Fsp3) is 0.467. The average Bonchev–Trinajstić information content (AvgIpc) is 2.90. The van der Waals surface area contributed by atoms with Crippen molar-refractivity contribution in [3.63, 3.8) is 0 Å². The Hall–Kier alpha value is -1.50. The van der Waals surface area contributed by atoms with Crippen LogP contribution in [0.25, 0.3) is 11.1 Å². The Balaban J connectivity index is 0.00000132. The highest BCUT2D eigenvalue weighted by molar-refractivity contribution is 5.85. The van der Waals surface area contributed by atoms with Crippen LogP contribution in [0.3, 0.4) is 0 Å². The van der Waals surface area contributed by atoms with Crippen LogP contribution in [-0.2, 0) is 4.79 Å². The van der Waals surface area contributed by atoms with Crippen LogP contribution in [0, 0.1) is 0 Å². The summed E-state index contributed by atoms with van der Waals surface area (Å²) in [5.41, 5.74) is 7.34. The van der Waals surface area contributed by atoms with Gasteiger partial charge in [-0.15, -0.1) is 24.8 Å². The number of nitrogens with zero attached hydrogens (tertiary/aromatic N) is 3. The molecule has 0 spiro atoms. The number of nitrogens with two attached hydrogens (primary N) is 1. The number of amides is 1. The Morgan fingerprint density at radius 1 is 1.26 bits per heavy atom. The van der Waals surface area contributed by atoms with Crippen LogP contribution < -0.4 is 10.6 Å². The third-order valence-corrected chi connectivity index (χ3v) is 3.68. The first-order valence-electron chi connectivity index (χ1n) is 7.27. The smallest absolute Gasteiger partial charge is 0.298 e. The molecule has 1 fully saturated rings. The third kappa shape index (κ3) is 4.50. The molecule has 1 aliphatic rings. The highest BCUT2D eigenvalue weighted by Gasteiger charge is 2.24. The molecule has 6 nitrogen and oxygen atoms in total. The molecule has 0 radical (unpaired) electrons. The molecule has 128 valence electrons. The predicted octanol–water partition coefficient (Wildman–Crippen LogP) is 2.06. The molecule has 1 aromatic heterocycles. The second kappa shape index (κ2) is 8.38. The van der Waals surface area contributed by atoms with Crippen molar-refractivity contribution in [1.82, 2.24) is 9.88 Å². The van der Waals surface area contributed by atoms with Gasteiger partial charge in [0.2, 0.25) is 5.91 Å². The van der Waals surface area contributed by atoms with Crippen molar-refractivity contribution < 1.29 is 9.21 Å². The summed E-state index contributed by atoms with van der Waals surface area (Å²) in [5.74, 6) is 0.127. The average molecular weight is 361 g/mol. The number of halogens is 2. The van der Waals surface area contributed by atoms with Gasteiger partial charge in [-0.25, -0.2) is 0 Å². The number of hydrogen-bond acceptors (Lipinski definition) is 5. The second-order valence-electron chi connectivity index (χ2n) is 5.51. The Morgan fingerprint density at radius 3 is 2.52 bits per heavy atom. The van der Waals surface area contributed by atoms with Gasteiger partial charge >= 0.3 is 0 Å². The van der Waals surface area contributed by atoms with E-state index in [0.29, 0.717) is 25.5 Å². The number of piperazine rings is 1. The number of rotatable bonds is 3. The van der Waals surface area contributed by atoms with Crippen molar-refractivity contribution in [3.8, 4) is 0 Å². The molecule has 1 atom stereocenters. The van der Waals surface area contributed by atoms with Gasteiger partial charge in [-0.1, -0.05) is 12.1 Å². The molecule has 0 bridgehead atoms. The molecule has 2 N–H and O–H groups in total. The van der Waals surface area contributed by atoms with Crippen molar-refractivity contribution in [3.05, 3.63) is 24.3 Å². The molecule has 2 aromatic rings. The van der Waals surface area contributed by atoms with Gasteiger partial charge in [-0.05, 0) is 19.1 Å². The summed E-state index contributed by atoms with van der Waals surface area (Å²) >= 11 is 0. The minimum Gasteiger partial charge on any atom is -0.423 e. The Bertz CT molecular complexity index is 606. The highest BCUT2D eigenvalue weighted by atomic mass is 35.5. The van der Waals surface area contributed by atoms with Crippen molar-refractivity contribution in [2.75, 3.05) is 31.1 Å². The van der Waals surface area contributed by atoms with E-state index >= 15 is 0 Å². The molecule has 1 amide bonds. The van der Waals surface area contributed by atoms with Gasteiger partial charge in [0.15, 0.2) is 5.58 Å². The number of fused-ring (bicyclic) bond motifs is 1. The van der Waals surface area contributed by atoms with Crippen molar-refractivity contribution in [2.24, 2.45) is 5.73 Å². The van der Waals surface area contributed by atoms with Crippen LogP contribution in [0.1, 0.15) is 13.3 Å². The van der Waals surface area contributed by atoms with Crippen molar-refractivity contribution in [2.45, 2.75) is 19.4 Å². The summed E-state index contributed by atoms with van der Waals surface area (Å²) in [7, 11) is 0. The fourth-order valence-corrected chi connectivity index (χ4v) is 2.55. The number of benzene rings is 1. The lowest BCUT2D eigenvalue weighted by molar-refractivity contribution is -0.131. The standard InChI is InChI=1S/C15H20N4O2.2ClH/c1-11(16)10-14(20)18-6-8-19(9-7-18)15-17-12-4-2-3-5-13(12)21-15;;/h2-5,11H,6-10,16H2,1H3;2*1H. The zero-order chi connectivity index (χ0) is 14.8. The second-order valence-corrected chi connectivity index (χ2v) is 5.51. The van der Waals surface area contributed by atoms with Gasteiger partial charge in [0.25, 0.3) is 6.01 Å². The summed E-state index contributed by atoms with van der Waals surface area (Å²) < 4.78 is 5.76. The molecule has 1 aliphatic heterocycles. The number of hydrogen-bond donors (Lipinski definition) is 1. The molecule has 0 saturated carbocycles. The predicted molar refractivity (Wildman–Crippen MR) is 95.6 cm³/mol. The van der Waals surface area contributed by atoms with Crippen LogP contribution in [0.5, 0.6) is 0 Å². The first-order valence-corrected chi connectivity index (χ1v) is 7.27. The molecule has 1 unspecified atom stereocenters. The number of aromatic nitrogens is 1. The quantitative estimate of drug-likeness (QED) is 0.906. The maximum atomic E-state index is 12.0. The monoisotopic (exact) mass is 360 g/mol. The van der Waals surface area contributed by atoms with E-state index < -0.39 is 0 Å². The zero-order valence-electron chi connectivity index (χ0n) is 13.0. The summed E-state index contributed by atoms with van der Waals surface area (Å²) in [5, 5.41) is 0. The maximum Gasteiger partial charge on any atom is 0.298 e. The lowest BCUT2D eigenvalue weighted by atomic mass is 10.2. The molecule has 1 aromatic carbocycles. The molecule has 8 heteroatoms. The van der Waals surface area contributed by atoms with Gasteiger partial charge in [-0.3, -0.25) is 4.79 Å². The topological polar surface area (TPSA) is 75.6 Å². The van der Waals surface area contributed by atoms with E-state index in [1.807, 2.05) is 36.1 Å². The molecule has 2 heterocycles. The highest BCUT2D eigenvalue weighted by Crippen LogP contribution is 2.22. The minimum atomic E-state index is -0.0902. The molecule has 3 rings (SSSR count). The fourth-order valence-electron chi connectivity index (χ4n) is 2.55. The van der Waals surface area contributed by atoms with E-state index in [4.69, 9.17) is 10.2 Å². The summed E-state index contributed by atoms with van der Waals surface area (Å²) in [6, 6.07) is 8.27. The van der Waals surface area contributed by atoms with Crippen LogP contribution >= 0.6 is 24.8 Å². The summed E-state index contributed by atoms with van der Waals surface area (Å²) in [6.45, 7) is 4.69. The van der Waals surface area contributed by atoms with Gasteiger partial charge < -0.3 is 20.0 Å². The molecule has 0 aliphatic carbocycles. The van der Waals surface area contributed by atoms with Crippen molar-refractivity contribution >= 4 is 47.8 Å². The first kappa shape index (κ1) is 19.5. The third-order valence-electron chi connectivity index (χ3n) is 3.68. The van der Waals surface area contributed by atoms with E-state index in [1.54, 1.807) is 0 Å². The van der Waals surface area contributed by atoms with Crippen molar-refractivity contribution in [1.29, 1.82) is 0 Å². The van der Waals surface area contributed by atoms with Gasteiger partial charge in [0, 0.05) is 38.6 Å². The summed E-state index contributed by atoms with van der Waals surface area (Å²) in [6.07, 6.45) is 0.406. The number of anilines is 1.